The summed E-state index contributed by atoms with van der Waals surface area (Å²) in [6.07, 6.45) is 2.25. The van der Waals surface area contributed by atoms with E-state index in [4.69, 9.17) is 0 Å². The number of hydrogen-bond acceptors (Lipinski definition) is 3. The highest BCUT2D eigenvalue weighted by Gasteiger charge is 2.38. The Bertz CT molecular complexity index is 778. The van der Waals surface area contributed by atoms with Crippen LogP contribution in [0.25, 0.3) is 0 Å². The second-order valence-electron chi connectivity index (χ2n) is 6.68. The van der Waals surface area contributed by atoms with Crippen LogP contribution in [0, 0.1) is 0 Å². The van der Waals surface area contributed by atoms with Crippen LogP contribution in [-0.2, 0) is 9.59 Å². The Morgan fingerprint density at radius 2 is 2.00 bits per heavy atom. The lowest BCUT2D eigenvalue weighted by molar-refractivity contribution is -0.120. The lowest BCUT2D eigenvalue weighted by Gasteiger charge is -2.36. The first-order valence-electron chi connectivity index (χ1n) is 8.32. The zero-order valence-corrected chi connectivity index (χ0v) is 13.5. The molecule has 0 spiro atoms. The average molecular weight is 324 g/mol. The molecular formula is C18H20N4O2. The third-order valence-electron chi connectivity index (χ3n) is 4.98. The van der Waals surface area contributed by atoms with E-state index in [1.165, 1.54) is 0 Å². The van der Waals surface area contributed by atoms with Crippen molar-refractivity contribution in [3.8, 4) is 0 Å². The van der Waals surface area contributed by atoms with Gasteiger partial charge in [-0.2, -0.15) is 5.10 Å². The van der Waals surface area contributed by atoms with Gasteiger partial charge in [-0.15, -0.1) is 0 Å². The summed E-state index contributed by atoms with van der Waals surface area (Å²) in [5.74, 6) is 1.04. The van der Waals surface area contributed by atoms with E-state index in [-0.39, 0.29) is 23.8 Å². The molecule has 1 aliphatic carbocycles. The topological polar surface area (TPSA) is 86.9 Å². The predicted molar refractivity (Wildman–Crippen MR) is 89.7 cm³/mol. The van der Waals surface area contributed by atoms with Crippen molar-refractivity contribution < 1.29 is 9.59 Å². The number of aromatic nitrogens is 2. The molecule has 6 nitrogen and oxygen atoms in total. The maximum Gasteiger partial charge on any atom is 0.226 e. The minimum Gasteiger partial charge on any atom is -0.354 e. The van der Waals surface area contributed by atoms with Gasteiger partial charge in [-0.3, -0.25) is 14.7 Å². The number of carbonyl (C=O) groups is 2. The number of nitrogens with zero attached hydrogens (tertiary/aromatic N) is 1. The van der Waals surface area contributed by atoms with E-state index in [1.807, 2.05) is 18.2 Å². The minimum atomic E-state index is -0.000801. The monoisotopic (exact) mass is 324 g/mol. The molecule has 3 N–H and O–H groups in total. The van der Waals surface area contributed by atoms with Crippen molar-refractivity contribution in [3.05, 3.63) is 47.2 Å². The van der Waals surface area contributed by atoms with Crippen molar-refractivity contribution in [2.75, 3.05) is 5.32 Å². The van der Waals surface area contributed by atoms with Crippen molar-refractivity contribution >= 4 is 17.6 Å². The van der Waals surface area contributed by atoms with Gasteiger partial charge < -0.3 is 10.6 Å². The Hall–Kier alpha value is -2.63. The summed E-state index contributed by atoms with van der Waals surface area (Å²) in [5, 5.41) is 13.3. The third-order valence-corrected chi connectivity index (χ3v) is 4.98. The summed E-state index contributed by atoms with van der Waals surface area (Å²) in [5.41, 5.74) is 3.33. The SMILES string of the molecule is CC(=O)NC1CC(c2[nH]nc3c2C(c2ccccc2)CC(=O)N3)C1. The maximum atomic E-state index is 12.0. The summed E-state index contributed by atoms with van der Waals surface area (Å²) in [4.78, 5) is 23.2. The van der Waals surface area contributed by atoms with Crippen LogP contribution in [0.2, 0.25) is 0 Å². The Morgan fingerprint density at radius 1 is 1.25 bits per heavy atom. The molecule has 6 heteroatoms. The standard InChI is InChI=1S/C18H20N4O2/c1-10(23)19-13-7-12(8-13)17-16-14(11-5-3-2-4-6-11)9-15(24)20-18(16)22-21-17/h2-6,12-14H,7-9H2,1H3,(H,19,23)(H2,20,21,22,24). The molecule has 1 aliphatic heterocycles. The highest BCUT2D eigenvalue weighted by atomic mass is 16.2. The van der Waals surface area contributed by atoms with Crippen molar-refractivity contribution in [2.45, 2.75) is 44.1 Å². The molecule has 4 rings (SSSR count). The van der Waals surface area contributed by atoms with Crippen LogP contribution in [-0.4, -0.2) is 28.1 Å². The summed E-state index contributed by atoms with van der Waals surface area (Å²) in [6.45, 7) is 1.55. The van der Waals surface area contributed by atoms with Crippen LogP contribution in [0.15, 0.2) is 30.3 Å². The molecule has 2 aromatic rings. The zero-order chi connectivity index (χ0) is 16.7. The van der Waals surface area contributed by atoms with Crippen LogP contribution in [0.4, 0.5) is 5.82 Å². The fourth-order valence-corrected chi connectivity index (χ4v) is 3.82. The summed E-state index contributed by atoms with van der Waals surface area (Å²) < 4.78 is 0. The number of carbonyl (C=O) groups excluding carboxylic acids is 2. The number of hydrogen-bond donors (Lipinski definition) is 3. The normalized spacial score (nSPS) is 25.4. The molecule has 0 radical (unpaired) electrons. The number of aromatic amines is 1. The molecule has 0 saturated heterocycles. The molecular weight excluding hydrogens is 304 g/mol. The number of nitrogens with one attached hydrogen (secondary N) is 3. The largest absolute Gasteiger partial charge is 0.354 e. The van der Waals surface area contributed by atoms with Crippen molar-refractivity contribution in [1.82, 2.24) is 15.5 Å². The zero-order valence-electron chi connectivity index (χ0n) is 13.5. The number of rotatable bonds is 3. The van der Waals surface area contributed by atoms with Gasteiger partial charge in [0, 0.05) is 42.5 Å². The van der Waals surface area contributed by atoms with Gasteiger partial charge in [-0.25, -0.2) is 0 Å². The Labute approximate surface area is 140 Å². The molecule has 2 aliphatic rings. The third kappa shape index (κ3) is 2.58. The second-order valence-corrected chi connectivity index (χ2v) is 6.68. The van der Waals surface area contributed by atoms with Crippen molar-refractivity contribution in [1.29, 1.82) is 0 Å². The highest BCUT2D eigenvalue weighted by molar-refractivity contribution is 5.94. The lowest BCUT2D eigenvalue weighted by Crippen LogP contribution is -2.42. The highest BCUT2D eigenvalue weighted by Crippen LogP contribution is 2.45. The quantitative estimate of drug-likeness (QED) is 0.809. The molecule has 1 unspecified atom stereocenters. The summed E-state index contributed by atoms with van der Waals surface area (Å²) in [6, 6.07) is 10.3. The van der Waals surface area contributed by atoms with Gasteiger partial charge in [0.2, 0.25) is 11.8 Å². The van der Waals surface area contributed by atoms with E-state index in [1.54, 1.807) is 6.92 Å². The molecule has 1 fully saturated rings. The van der Waals surface area contributed by atoms with Gasteiger partial charge >= 0.3 is 0 Å². The Kier molecular flexibility index (Phi) is 3.59. The van der Waals surface area contributed by atoms with E-state index < -0.39 is 0 Å². The maximum absolute atomic E-state index is 12.0. The van der Waals surface area contributed by atoms with Crippen LogP contribution < -0.4 is 10.6 Å². The number of amides is 2. The van der Waals surface area contributed by atoms with Crippen LogP contribution in [0.3, 0.4) is 0 Å². The number of H-pyrrole nitrogens is 1. The van der Waals surface area contributed by atoms with E-state index >= 15 is 0 Å². The minimum absolute atomic E-state index is 0.000801. The first kappa shape index (κ1) is 14.9. The summed E-state index contributed by atoms with van der Waals surface area (Å²) >= 11 is 0. The molecule has 0 bridgehead atoms. The van der Waals surface area contributed by atoms with E-state index in [0.29, 0.717) is 18.2 Å². The molecule has 1 aromatic heterocycles. The number of fused-ring (bicyclic) bond motifs is 1. The summed E-state index contributed by atoms with van der Waals surface area (Å²) in [7, 11) is 0. The molecule has 1 saturated carbocycles. The van der Waals surface area contributed by atoms with Gasteiger partial charge in [-0.05, 0) is 18.4 Å². The van der Waals surface area contributed by atoms with Gasteiger partial charge in [0.25, 0.3) is 0 Å². The predicted octanol–water partition coefficient (Wildman–Crippen LogP) is 2.27. The first-order valence-corrected chi connectivity index (χ1v) is 8.32. The first-order chi connectivity index (χ1) is 11.6. The van der Waals surface area contributed by atoms with Gasteiger partial charge in [0.05, 0.1) is 0 Å². The van der Waals surface area contributed by atoms with E-state index in [2.05, 4.69) is 33.0 Å². The number of benzene rings is 1. The second kappa shape index (κ2) is 5.78. The van der Waals surface area contributed by atoms with Gasteiger partial charge in [0.1, 0.15) is 0 Å². The fraction of sp³-hybridized carbons (Fsp3) is 0.389. The van der Waals surface area contributed by atoms with Crippen molar-refractivity contribution in [3.63, 3.8) is 0 Å². The smallest absolute Gasteiger partial charge is 0.226 e. The van der Waals surface area contributed by atoms with Crippen molar-refractivity contribution in [2.24, 2.45) is 0 Å². The van der Waals surface area contributed by atoms with Crippen LogP contribution in [0.1, 0.15) is 54.8 Å². The number of anilines is 1. The molecule has 1 aromatic carbocycles. The van der Waals surface area contributed by atoms with Gasteiger partial charge in [-0.1, -0.05) is 30.3 Å². The average Bonchev–Trinajstić information content (AvgIpc) is 2.93. The van der Waals surface area contributed by atoms with Gasteiger partial charge in [0.15, 0.2) is 5.82 Å². The molecule has 2 amide bonds. The molecule has 1 atom stereocenters. The molecule has 24 heavy (non-hydrogen) atoms. The lowest BCUT2D eigenvalue weighted by atomic mass is 9.74. The van der Waals surface area contributed by atoms with Crippen LogP contribution in [0.5, 0.6) is 0 Å². The van der Waals surface area contributed by atoms with E-state index in [9.17, 15) is 9.59 Å². The fourth-order valence-electron chi connectivity index (χ4n) is 3.82. The van der Waals surface area contributed by atoms with Crippen LogP contribution >= 0.6 is 0 Å². The molecule has 124 valence electrons. The van der Waals surface area contributed by atoms with E-state index in [0.717, 1.165) is 29.7 Å². The Morgan fingerprint density at radius 3 is 2.71 bits per heavy atom. The Balaban J connectivity index is 1.63. The molecule has 2 heterocycles.